The first kappa shape index (κ1) is 17.2. The van der Waals surface area contributed by atoms with E-state index in [1.54, 1.807) is 11.8 Å². The number of benzene rings is 2. The normalized spacial score (nSPS) is 12.9. The van der Waals surface area contributed by atoms with Crippen molar-refractivity contribution in [2.45, 2.75) is 19.8 Å². The lowest BCUT2D eigenvalue weighted by Crippen LogP contribution is -2.27. The molecule has 0 aromatic heterocycles. The van der Waals surface area contributed by atoms with Crippen molar-refractivity contribution in [1.29, 1.82) is 0 Å². The molecule has 0 atom stereocenters. The van der Waals surface area contributed by atoms with Gasteiger partial charge in [0.15, 0.2) is 0 Å². The molecule has 3 rings (SSSR count). The number of carbonyl (C=O) groups excluding carboxylic acids is 2. The van der Waals surface area contributed by atoms with Crippen molar-refractivity contribution in [3.8, 4) is 0 Å². The third kappa shape index (κ3) is 3.54. The average Bonchev–Trinajstić information content (AvgIpc) is 2.93. The van der Waals surface area contributed by atoms with Crippen molar-refractivity contribution in [1.82, 2.24) is 0 Å². The lowest BCUT2D eigenvalue weighted by molar-refractivity contribution is -0.117. The zero-order chi connectivity index (χ0) is 17.3. The van der Waals surface area contributed by atoms with E-state index in [2.05, 4.69) is 37.2 Å². The van der Waals surface area contributed by atoms with Crippen LogP contribution in [0.3, 0.4) is 0 Å². The van der Waals surface area contributed by atoms with Gasteiger partial charge in [0.05, 0.1) is 17.8 Å². The minimum absolute atomic E-state index is 0.0163. The number of halogens is 2. The summed E-state index contributed by atoms with van der Waals surface area (Å²) in [6.07, 6.45) is 1.06. The molecule has 0 unspecified atom stereocenters. The Labute approximate surface area is 157 Å². The van der Waals surface area contributed by atoms with Crippen molar-refractivity contribution in [3.05, 3.63) is 56.5 Å². The minimum atomic E-state index is -0.113. The Morgan fingerprint density at radius 3 is 2.67 bits per heavy atom. The highest BCUT2D eigenvalue weighted by Crippen LogP contribution is 2.38. The van der Waals surface area contributed by atoms with Crippen LogP contribution in [0.2, 0.25) is 0 Å². The summed E-state index contributed by atoms with van der Waals surface area (Å²) in [7, 11) is 0. The van der Waals surface area contributed by atoms with Crippen LogP contribution in [0.15, 0.2) is 45.3 Å². The third-order valence-corrected chi connectivity index (χ3v) is 5.22. The van der Waals surface area contributed by atoms with Gasteiger partial charge in [-0.05, 0) is 35.7 Å². The Morgan fingerprint density at radius 2 is 1.96 bits per heavy atom. The third-order valence-electron chi connectivity index (χ3n) is 3.99. The van der Waals surface area contributed by atoms with Crippen LogP contribution in [0, 0.1) is 0 Å². The molecule has 0 aliphatic carbocycles. The van der Waals surface area contributed by atoms with E-state index in [-0.39, 0.29) is 18.2 Å². The van der Waals surface area contributed by atoms with Crippen LogP contribution in [0.25, 0.3) is 0 Å². The zero-order valence-electron chi connectivity index (χ0n) is 13.1. The molecule has 1 N–H and O–H groups in total. The van der Waals surface area contributed by atoms with Gasteiger partial charge in [0.25, 0.3) is 0 Å². The fourth-order valence-corrected chi connectivity index (χ4v) is 3.86. The van der Waals surface area contributed by atoms with E-state index in [0.29, 0.717) is 12.2 Å². The molecule has 0 spiro atoms. The summed E-state index contributed by atoms with van der Waals surface area (Å²) in [5.41, 5.74) is 3.47. The number of anilines is 2. The second kappa shape index (κ2) is 7.07. The van der Waals surface area contributed by atoms with Crippen LogP contribution in [0.1, 0.15) is 18.1 Å². The molecule has 4 nitrogen and oxygen atoms in total. The molecule has 2 amide bonds. The Bertz CT molecular complexity index is 821. The molecule has 0 saturated heterocycles. The van der Waals surface area contributed by atoms with Gasteiger partial charge in [0.1, 0.15) is 0 Å². The van der Waals surface area contributed by atoms with Gasteiger partial charge in [0, 0.05) is 22.4 Å². The van der Waals surface area contributed by atoms with Crippen LogP contribution in [0.5, 0.6) is 0 Å². The van der Waals surface area contributed by atoms with Crippen LogP contribution < -0.4 is 10.2 Å². The number of carbonyl (C=O) groups is 2. The second-order valence-electron chi connectivity index (χ2n) is 5.70. The first-order valence-corrected chi connectivity index (χ1v) is 9.18. The van der Waals surface area contributed by atoms with Crippen molar-refractivity contribution in [2.24, 2.45) is 0 Å². The number of nitrogens with zero attached hydrogens (tertiary/aromatic N) is 1. The highest BCUT2D eigenvalue weighted by molar-refractivity contribution is 9.10. The van der Waals surface area contributed by atoms with Gasteiger partial charge in [-0.15, -0.1) is 0 Å². The molecule has 1 aliphatic rings. The predicted octanol–water partition coefficient (Wildman–Crippen LogP) is 4.30. The van der Waals surface area contributed by atoms with Gasteiger partial charge >= 0.3 is 0 Å². The van der Waals surface area contributed by atoms with Crippen molar-refractivity contribution in [2.75, 3.05) is 16.8 Å². The fraction of sp³-hybridized carbons (Fsp3) is 0.222. The smallest absolute Gasteiger partial charge is 0.228 e. The van der Waals surface area contributed by atoms with Crippen molar-refractivity contribution in [3.63, 3.8) is 0 Å². The number of hydrogen-bond acceptors (Lipinski definition) is 2. The van der Waals surface area contributed by atoms with E-state index in [4.69, 9.17) is 0 Å². The number of amides is 2. The molecule has 0 radical (unpaired) electrons. The Hall–Kier alpha value is -1.66. The summed E-state index contributed by atoms with van der Waals surface area (Å²) in [4.78, 5) is 26.1. The molecule has 1 heterocycles. The number of rotatable bonds is 3. The molecule has 6 heteroatoms. The molecule has 0 fully saturated rings. The first-order chi connectivity index (χ1) is 11.5. The molecular weight excluding hydrogens is 436 g/mol. The summed E-state index contributed by atoms with van der Waals surface area (Å²) < 4.78 is 1.80. The van der Waals surface area contributed by atoms with E-state index in [0.717, 1.165) is 32.2 Å². The van der Waals surface area contributed by atoms with Crippen LogP contribution in [-0.4, -0.2) is 18.4 Å². The highest BCUT2D eigenvalue weighted by atomic mass is 79.9. The molecule has 0 bridgehead atoms. The van der Waals surface area contributed by atoms with Gasteiger partial charge in [-0.25, -0.2) is 0 Å². The number of fused-ring (bicyclic) bond motifs is 1. The maximum absolute atomic E-state index is 12.5. The topological polar surface area (TPSA) is 49.4 Å². The van der Waals surface area contributed by atoms with Crippen LogP contribution >= 0.6 is 31.9 Å². The van der Waals surface area contributed by atoms with Crippen molar-refractivity contribution >= 4 is 55.0 Å². The molecule has 124 valence electrons. The minimum Gasteiger partial charge on any atom is -0.324 e. The molecule has 2 aromatic rings. The van der Waals surface area contributed by atoms with E-state index in [1.165, 1.54) is 0 Å². The number of nitrogens with one attached hydrogen (secondary N) is 1. The van der Waals surface area contributed by atoms with Gasteiger partial charge in [-0.2, -0.15) is 0 Å². The maximum atomic E-state index is 12.5. The highest BCUT2D eigenvalue weighted by Gasteiger charge is 2.26. The molecule has 0 saturated carbocycles. The summed E-state index contributed by atoms with van der Waals surface area (Å²) >= 11 is 6.94. The van der Waals surface area contributed by atoms with Gasteiger partial charge < -0.3 is 10.2 Å². The van der Waals surface area contributed by atoms with E-state index in [9.17, 15) is 9.59 Å². The average molecular weight is 452 g/mol. The van der Waals surface area contributed by atoms with E-state index < -0.39 is 0 Å². The maximum Gasteiger partial charge on any atom is 0.228 e. The Balaban J connectivity index is 1.86. The predicted molar refractivity (Wildman–Crippen MR) is 102 cm³/mol. The van der Waals surface area contributed by atoms with Crippen LogP contribution in [0.4, 0.5) is 11.4 Å². The first-order valence-electron chi connectivity index (χ1n) is 7.59. The zero-order valence-corrected chi connectivity index (χ0v) is 16.3. The summed E-state index contributed by atoms with van der Waals surface area (Å²) in [6.45, 7) is 2.19. The van der Waals surface area contributed by atoms with E-state index in [1.807, 2.05) is 36.4 Å². The Kier molecular flexibility index (Phi) is 5.06. The lowest BCUT2D eigenvalue weighted by atomic mass is 10.1. The largest absolute Gasteiger partial charge is 0.324 e. The van der Waals surface area contributed by atoms with Gasteiger partial charge in [-0.1, -0.05) is 50.1 Å². The standard InChI is InChI=1S/C18H16Br2N2O2/c1-11(23)22-7-6-13-8-14(19)10-16(18(13)22)21-17(24)9-12-4-2-3-5-15(12)20/h2-5,8,10H,6-7,9H2,1H3,(H,21,24). The number of hydrogen-bond donors (Lipinski definition) is 1. The van der Waals surface area contributed by atoms with Gasteiger partial charge in [0.2, 0.25) is 11.8 Å². The molecule has 24 heavy (non-hydrogen) atoms. The van der Waals surface area contributed by atoms with Gasteiger partial charge in [-0.3, -0.25) is 9.59 Å². The lowest BCUT2D eigenvalue weighted by Gasteiger charge is -2.19. The van der Waals surface area contributed by atoms with Crippen LogP contribution in [-0.2, 0) is 22.4 Å². The second-order valence-corrected chi connectivity index (χ2v) is 7.47. The molecular formula is C18H16Br2N2O2. The summed E-state index contributed by atoms with van der Waals surface area (Å²) in [5.74, 6) is -0.130. The van der Waals surface area contributed by atoms with Crippen molar-refractivity contribution < 1.29 is 9.59 Å². The fourth-order valence-electron chi connectivity index (χ4n) is 2.93. The Morgan fingerprint density at radius 1 is 1.21 bits per heavy atom. The van der Waals surface area contributed by atoms with E-state index >= 15 is 0 Å². The molecule has 2 aromatic carbocycles. The monoisotopic (exact) mass is 450 g/mol. The molecule has 1 aliphatic heterocycles. The summed E-state index contributed by atoms with van der Waals surface area (Å²) in [5, 5.41) is 2.96. The quantitative estimate of drug-likeness (QED) is 0.756. The SMILES string of the molecule is CC(=O)N1CCc2cc(Br)cc(NC(=O)Cc3ccccc3Br)c21. The summed E-state index contributed by atoms with van der Waals surface area (Å²) in [6, 6.07) is 11.5.